The van der Waals surface area contributed by atoms with Gasteiger partial charge in [0.2, 0.25) is 0 Å². The Morgan fingerprint density at radius 1 is 1.15 bits per heavy atom. The van der Waals surface area contributed by atoms with E-state index in [4.69, 9.17) is 9.72 Å². The van der Waals surface area contributed by atoms with E-state index >= 15 is 0 Å². The first kappa shape index (κ1) is 13.2. The van der Waals surface area contributed by atoms with Gasteiger partial charge in [-0.15, -0.1) is 0 Å². The molecule has 0 atom stereocenters. The summed E-state index contributed by atoms with van der Waals surface area (Å²) in [5.41, 5.74) is 5.49. The van der Waals surface area contributed by atoms with Gasteiger partial charge in [-0.2, -0.15) is 0 Å². The molecule has 0 saturated carbocycles. The molecule has 3 nitrogen and oxygen atoms in total. The van der Waals surface area contributed by atoms with Gasteiger partial charge in [-0.05, 0) is 49.2 Å². The van der Waals surface area contributed by atoms with E-state index < -0.39 is 0 Å². The smallest absolute Gasteiger partial charge is 0.139 e. The summed E-state index contributed by atoms with van der Waals surface area (Å²) in [6, 6.07) is 10.1. The van der Waals surface area contributed by atoms with Crippen LogP contribution in [0.5, 0.6) is 5.75 Å². The fourth-order valence-corrected chi connectivity index (χ4v) is 2.85. The number of aromatic nitrogens is 2. The monoisotopic (exact) mass is 330 g/mol. The molecule has 0 unspecified atom stereocenters. The molecule has 20 heavy (non-hydrogen) atoms. The molecule has 102 valence electrons. The molecule has 2 aromatic carbocycles. The van der Waals surface area contributed by atoms with Crippen molar-refractivity contribution in [2.75, 3.05) is 7.11 Å². The van der Waals surface area contributed by atoms with Crippen LogP contribution in [0.2, 0.25) is 0 Å². The summed E-state index contributed by atoms with van der Waals surface area (Å²) in [5.74, 6) is 1.66. The van der Waals surface area contributed by atoms with Crippen LogP contribution in [0, 0.1) is 13.8 Å². The number of hydrogen-bond donors (Lipinski definition) is 1. The number of nitrogens with one attached hydrogen (secondary N) is 1. The Morgan fingerprint density at radius 2 is 1.95 bits per heavy atom. The van der Waals surface area contributed by atoms with Gasteiger partial charge in [-0.25, -0.2) is 4.98 Å². The second-order valence-corrected chi connectivity index (χ2v) is 5.76. The minimum atomic E-state index is 0.816. The Balaban J connectivity index is 2.22. The molecule has 3 rings (SSSR count). The average molecular weight is 331 g/mol. The minimum Gasteiger partial charge on any atom is -0.497 e. The molecule has 0 bridgehead atoms. The standard InChI is InChI=1S/C16H15BrN2O/c1-9-6-10(2)15-14(7-9)18-16(19-15)12-8-11(20-3)4-5-13(12)17/h4-8H,1-3H3,(H,18,19). The number of benzene rings is 2. The van der Waals surface area contributed by atoms with E-state index in [-0.39, 0.29) is 0 Å². The minimum absolute atomic E-state index is 0.816. The van der Waals surface area contributed by atoms with Gasteiger partial charge in [0.15, 0.2) is 0 Å². The molecule has 1 heterocycles. The van der Waals surface area contributed by atoms with Crippen molar-refractivity contribution in [2.24, 2.45) is 0 Å². The number of fused-ring (bicyclic) bond motifs is 1. The first-order valence-electron chi connectivity index (χ1n) is 6.39. The molecule has 0 saturated heterocycles. The Kier molecular flexibility index (Phi) is 3.26. The Hall–Kier alpha value is -1.81. The van der Waals surface area contributed by atoms with Gasteiger partial charge in [0.1, 0.15) is 11.6 Å². The van der Waals surface area contributed by atoms with Crippen molar-refractivity contribution in [1.29, 1.82) is 0 Å². The summed E-state index contributed by atoms with van der Waals surface area (Å²) < 4.78 is 6.28. The van der Waals surface area contributed by atoms with Crippen molar-refractivity contribution in [3.05, 3.63) is 45.9 Å². The number of methoxy groups -OCH3 is 1. The first-order chi connectivity index (χ1) is 9.58. The van der Waals surface area contributed by atoms with E-state index in [9.17, 15) is 0 Å². The number of H-pyrrole nitrogens is 1. The topological polar surface area (TPSA) is 37.9 Å². The third-order valence-electron chi connectivity index (χ3n) is 3.35. The van der Waals surface area contributed by atoms with E-state index in [1.54, 1.807) is 7.11 Å². The predicted molar refractivity (Wildman–Crippen MR) is 85.3 cm³/mol. The van der Waals surface area contributed by atoms with Gasteiger partial charge in [-0.1, -0.05) is 22.0 Å². The molecular formula is C16H15BrN2O. The van der Waals surface area contributed by atoms with Crippen LogP contribution < -0.4 is 4.74 Å². The van der Waals surface area contributed by atoms with E-state index in [1.807, 2.05) is 18.2 Å². The number of ether oxygens (including phenoxy) is 1. The SMILES string of the molecule is COc1ccc(Br)c(-c2nc3c(C)cc(C)cc3[nH]2)c1. The number of aryl methyl sites for hydroxylation is 2. The van der Waals surface area contributed by atoms with Gasteiger partial charge >= 0.3 is 0 Å². The van der Waals surface area contributed by atoms with Gasteiger partial charge < -0.3 is 9.72 Å². The predicted octanol–water partition coefficient (Wildman–Crippen LogP) is 4.62. The lowest BCUT2D eigenvalue weighted by atomic mass is 10.1. The molecule has 0 aliphatic carbocycles. The zero-order valence-electron chi connectivity index (χ0n) is 11.6. The van der Waals surface area contributed by atoms with Gasteiger partial charge in [0.05, 0.1) is 18.1 Å². The van der Waals surface area contributed by atoms with Gasteiger partial charge in [0.25, 0.3) is 0 Å². The third kappa shape index (κ3) is 2.20. The average Bonchev–Trinajstić information content (AvgIpc) is 2.83. The molecule has 0 aliphatic rings. The van der Waals surface area contributed by atoms with E-state index in [1.165, 1.54) is 11.1 Å². The van der Waals surface area contributed by atoms with Crippen molar-refractivity contribution in [3.63, 3.8) is 0 Å². The molecule has 1 N–H and O–H groups in total. The fourth-order valence-electron chi connectivity index (χ4n) is 2.41. The van der Waals surface area contributed by atoms with Crippen molar-refractivity contribution < 1.29 is 4.74 Å². The van der Waals surface area contributed by atoms with Crippen LogP contribution >= 0.6 is 15.9 Å². The largest absolute Gasteiger partial charge is 0.497 e. The van der Waals surface area contributed by atoms with E-state index in [0.29, 0.717) is 0 Å². The Bertz CT molecular complexity index is 793. The third-order valence-corrected chi connectivity index (χ3v) is 4.04. The lowest BCUT2D eigenvalue weighted by Gasteiger charge is -2.04. The lowest BCUT2D eigenvalue weighted by molar-refractivity contribution is 0.415. The van der Waals surface area contributed by atoms with Crippen LogP contribution in [0.4, 0.5) is 0 Å². The van der Waals surface area contributed by atoms with Crippen LogP contribution in [0.15, 0.2) is 34.8 Å². The second kappa shape index (κ2) is 4.94. The molecule has 0 amide bonds. The highest BCUT2D eigenvalue weighted by atomic mass is 79.9. The molecule has 0 fully saturated rings. The van der Waals surface area contributed by atoms with Crippen molar-refractivity contribution in [1.82, 2.24) is 9.97 Å². The Morgan fingerprint density at radius 3 is 2.70 bits per heavy atom. The lowest BCUT2D eigenvalue weighted by Crippen LogP contribution is -1.86. The second-order valence-electron chi connectivity index (χ2n) is 4.91. The number of rotatable bonds is 2. The molecule has 0 aliphatic heterocycles. The normalized spacial score (nSPS) is 11.0. The maximum absolute atomic E-state index is 5.29. The number of aromatic amines is 1. The summed E-state index contributed by atoms with van der Waals surface area (Å²) in [6.07, 6.45) is 0. The summed E-state index contributed by atoms with van der Waals surface area (Å²) in [4.78, 5) is 8.11. The van der Waals surface area contributed by atoms with Crippen molar-refractivity contribution >= 4 is 27.0 Å². The fraction of sp³-hybridized carbons (Fsp3) is 0.188. The maximum atomic E-state index is 5.29. The molecule has 0 spiro atoms. The maximum Gasteiger partial charge on any atom is 0.139 e. The zero-order chi connectivity index (χ0) is 14.3. The zero-order valence-corrected chi connectivity index (χ0v) is 13.2. The highest BCUT2D eigenvalue weighted by Gasteiger charge is 2.11. The summed E-state index contributed by atoms with van der Waals surface area (Å²) in [5, 5.41) is 0. The summed E-state index contributed by atoms with van der Waals surface area (Å²) in [6.45, 7) is 4.18. The van der Waals surface area contributed by atoms with Crippen LogP contribution in [0.1, 0.15) is 11.1 Å². The molecule has 1 aromatic heterocycles. The number of imidazole rings is 1. The van der Waals surface area contributed by atoms with E-state index in [2.05, 4.69) is 46.9 Å². The van der Waals surface area contributed by atoms with Crippen LogP contribution in [-0.4, -0.2) is 17.1 Å². The van der Waals surface area contributed by atoms with Gasteiger partial charge in [0, 0.05) is 10.0 Å². The first-order valence-corrected chi connectivity index (χ1v) is 7.18. The van der Waals surface area contributed by atoms with Crippen molar-refractivity contribution in [2.45, 2.75) is 13.8 Å². The number of halogens is 1. The summed E-state index contributed by atoms with van der Waals surface area (Å²) >= 11 is 3.57. The van der Waals surface area contributed by atoms with Crippen molar-refractivity contribution in [3.8, 4) is 17.1 Å². The van der Waals surface area contributed by atoms with E-state index in [0.717, 1.165) is 32.6 Å². The quantitative estimate of drug-likeness (QED) is 0.744. The number of hydrogen-bond acceptors (Lipinski definition) is 2. The number of nitrogens with zero attached hydrogens (tertiary/aromatic N) is 1. The van der Waals surface area contributed by atoms with Crippen LogP contribution in [0.3, 0.4) is 0 Å². The van der Waals surface area contributed by atoms with Gasteiger partial charge in [-0.3, -0.25) is 0 Å². The molecular weight excluding hydrogens is 316 g/mol. The molecule has 0 radical (unpaired) electrons. The Labute approximate surface area is 126 Å². The highest BCUT2D eigenvalue weighted by Crippen LogP contribution is 2.32. The van der Waals surface area contributed by atoms with Crippen LogP contribution in [-0.2, 0) is 0 Å². The van der Waals surface area contributed by atoms with Crippen LogP contribution in [0.25, 0.3) is 22.4 Å². The molecule has 4 heteroatoms. The molecule has 3 aromatic rings. The summed E-state index contributed by atoms with van der Waals surface area (Å²) in [7, 11) is 1.67. The highest BCUT2D eigenvalue weighted by molar-refractivity contribution is 9.10.